The number of carbonyl (C=O) groups is 2. The zero-order valence-electron chi connectivity index (χ0n) is 17.6. The first-order chi connectivity index (χ1) is 13.5. The van der Waals surface area contributed by atoms with Gasteiger partial charge in [0.05, 0.1) is 18.1 Å². The highest BCUT2D eigenvalue weighted by atomic mass is 32.2. The second-order valence-corrected chi connectivity index (χ2v) is 9.32. The molecule has 0 bridgehead atoms. The number of hydrogen-bond acceptors (Lipinski definition) is 6. The van der Waals surface area contributed by atoms with Crippen LogP contribution in [0.4, 0.5) is 0 Å². The van der Waals surface area contributed by atoms with Crippen molar-refractivity contribution in [1.82, 2.24) is 9.62 Å². The monoisotopic (exact) mass is 426 g/mol. The number of nitrogens with one attached hydrogen (secondary N) is 1. The van der Waals surface area contributed by atoms with Crippen LogP contribution in [0.2, 0.25) is 0 Å². The van der Waals surface area contributed by atoms with E-state index >= 15 is 0 Å². The molecule has 9 heteroatoms. The molecule has 0 aliphatic carbocycles. The van der Waals surface area contributed by atoms with E-state index in [2.05, 4.69) is 4.72 Å². The molecule has 1 aliphatic rings. The molecule has 1 amide bonds. The minimum Gasteiger partial charge on any atom is -0.451 e. The maximum Gasteiger partial charge on any atom is 0.325 e. The Morgan fingerprint density at radius 1 is 1.10 bits per heavy atom. The van der Waals surface area contributed by atoms with Gasteiger partial charge in [-0.1, -0.05) is 19.9 Å². The van der Waals surface area contributed by atoms with Crippen molar-refractivity contribution in [3.63, 3.8) is 0 Å². The van der Waals surface area contributed by atoms with Crippen molar-refractivity contribution in [2.75, 3.05) is 26.3 Å². The van der Waals surface area contributed by atoms with Crippen molar-refractivity contribution < 1.29 is 27.5 Å². The number of benzene rings is 1. The number of amides is 1. The highest BCUT2D eigenvalue weighted by Gasteiger charge is 2.33. The van der Waals surface area contributed by atoms with Gasteiger partial charge in [0, 0.05) is 13.1 Å². The fourth-order valence-electron chi connectivity index (χ4n) is 2.91. The van der Waals surface area contributed by atoms with Gasteiger partial charge in [-0.3, -0.25) is 9.59 Å². The van der Waals surface area contributed by atoms with E-state index in [1.165, 1.54) is 13.0 Å². The van der Waals surface area contributed by atoms with E-state index in [4.69, 9.17) is 9.47 Å². The molecule has 1 aliphatic heterocycles. The average molecular weight is 427 g/mol. The van der Waals surface area contributed by atoms with Crippen LogP contribution in [0.3, 0.4) is 0 Å². The molecule has 1 saturated heterocycles. The van der Waals surface area contributed by atoms with Gasteiger partial charge in [-0.15, -0.1) is 0 Å². The summed E-state index contributed by atoms with van der Waals surface area (Å²) in [6, 6.07) is 3.67. The molecule has 1 aromatic carbocycles. The normalized spacial score (nSPS) is 17.1. The lowest BCUT2D eigenvalue weighted by atomic mass is 10.1. The van der Waals surface area contributed by atoms with Crippen LogP contribution in [-0.2, 0) is 29.1 Å². The van der Waals surface area contributed by atoms with Gasteiger partial charge < -0.3 is 14.4 Å². The lowest BCUT2D eigenvalue weighted by molar-refractivity contribution is -0.162. The van der Waals surface area contributed by atoms with Gasteiger partial charge in [0.15, 0.2) is 6.10 Å². The van der Waals surface area contributed by atoms with E-state index in [1.807, 2.05) is 13.8 Å². The summed E-state index contributed by atoms with van der Waals surface area (Å²) < 4.78 is 38.5. The van der Waals surface area contributed by atoms with E-state index in [-0.39, 0.29) is 16.7 Å². The van der Waals surface area contributed by atoms with Crippen LogP contribution in [0.15, 0.2) is 23.1 Å². The molecular weight excluding hydrogens is 396 g/mol. The Morgan fingerprint density at radius 2 is 1.72 bits per heavy atom. The number of rotatable bonds is 7. The average Bonchev–Trinajstić information content (AvgIpc) is 2.67. The van der Waals surface area contributed by atoms with Gasteiger partial charge in [0.1, 0.15) is 6.04 Å². The van der Waals surface area contributed by atoms with Crippen molar-refractivity contribution in [3.8, 4) is 0 Å². The summed E-state index contributed by atoms with van der Waals surface area (Å²) in [7, 11) is -3.93. The maximum atomic E-state index is 12.8. The van der Waals surface area contributed by atoms with Crippen molar-refractivity contribution in [3.05, 3.63) is 29.3 Å². The molecule has 1 N–H and O–H groups in total. The minimum absolute atomic E-state index is 0.0801. The summed E-state index contributed by atoms with van der Waals surface area (Å²) in [4.78, 5) is 26.8. The summed E-state index contributed by atoms with van der Waals surface area (Å²) in [5.74, 6) is -1.46. The Kier molecular flexibility index (Phi) is 7.79. The van der Waals surface area contributed by atoms with E-state index in [0.29, 0.717) is 26.3 Å². The standard InChI is InChI=1S/C20H30N2O6S/c1-13(2)18(21-29(25,26)17-7-6-14(3)15(4)12-17)20(24)28-16(5)19(23)22-8-10-27-11-9-22/h6-7,12-13,16,18,21H,8-11H2,1-5H3. The highest BCUT2D eigenvalue weighted by molar-refractivity contribution is 7.89. The third kappa shape index (κ3) is 6.01. The minimum atomic E-state index is -3.93. The lowest BCUT2D eigenvalue weighted by Crippen LogP contribution is -2.49. The van der Waals surface area contributed by atoms with Crippen LogP contribution in [0.5, 0.6) is 0 Å². The van der Waals surface area contributed by atoms with Gasteiger partial charge in [0.2, 0.25) is 10.0 Å². The summed E-state index contributed by atoms with van der Waals surface area (Å²) in [6.07, 6.45) is -1.01. The Hall–Kier alpha value is -1.97. The van der Waals surface area contributed by atoms with Crippen molar-refractivity contribution in [1.29, 1.82) is 0 Å². The summed E-state index contributed by atoms with van der Waals surface area (Å²) >= 11 is 0. The molecule has 1 fully saturated rings. The van der Waals surface area contributed by atoms with Crippen LogP contribution in [-0.4, -0.2) is 63.6 Å². The molecule has 2 rings (SSSR count). The van der Waals surface area contributed by atoms with Crippen molar-refractivity contribution >= 4 is 21.9 Å². The first kappa shape index (κ1) is 23.3. The first-order valence-corrected chi connectivity index (χ1v) is 11.2. The van der Waals surface area contributed by atoms with E-state index in [9.17, 15) is 18.0 Å². The van der Waals surface area contributed by atoms with Crippen LogP contribution in [0.1, 0.15) is 31.9 Å². The Labute approximate surface area is 172 Å². The molecule has 0 radical (unpaired) electrons. The smallest absolute Gasteiger partial charge is 0.325 e. The SMILES string of the molecule is Cc1ccc(S(=O)(=O)NC(C(=O)OC(C)C(=O)N2CCOCC2)C(C)C)cc1C. The molecule has 162 valence electrons. The van der Waals surface area contributed by atoms with Gasteiger partial charge >= 0.3 is 5.97 Å². The third-order valence-electron chi connectivity index (χ3n) is 4.95. The van der Waals surface area contributed by atoms with E-state index in [0.717, 1.165) is 11.1 Å². The Balaban J connectivity index is 2.10. The number of nitrogens with zero attached hydrogens (tertiary/aromatic N) is 1. The highest BCUT2D eigenvalue weighted by Crippen LogP contribution is 2.17. The van der Waals surface area contributed by atoms with Crippen molar-refractivity contribution in [2.24, 2.45) is 5.92 Å². The quantitative estimate of drug-likeness (QED) is 0.661. The molecule has 0 saturated carbocycles. The zero-order valence-corrected chi connectivity index (χ0v) is 18.4. The molecule has 2 unspecified atom stereocenters. The lowest BCUT2D eigenvalue weighted by Gasteiger charge is -2.30. The van der Waals surface area contributed by atoms with Crippen LogP contribution < -0.4 is 4.72 Å². The number of hydrogen-bond donors (Lipinski definition) is 1. The molecule has 8 nitrogen and oxygen atoms in total. The Morgan fingerprint density at radius 3 is 2.28 bits per heavy atom. The molecule has 1 aromatic rings. The van der Waals surface area contributed by atoms with Crippen LogP contribution in [0, 0.1) is 19.8 Å². The molecule has 0 spiro atoms. The molecule has 29 heavy (non-hydrogen) atoms. The second-order valence-electron chi connectivity index (χ2n) is 7.61. The second kappa shape index (κ2) is 9.69. The first-order valence-electron chi connectivity index (χ1n) is 9.69. The largest absolute Gasteiger partial charge is 0.451 e. The molecule has 0 aromatic heterocycles. The van der Waals surface area contributed by atoms with Crippen LogP contribution >= 0.6 is 0 Å². The van der Waals surface area contributed by atoms with Crippen LogP contribution in [0.25, 0.3) is 0 Å². The van der Waals surface area contributed by atoms with Crippen molar-refractivity contribution in [2.45, 2.75) is 51.7 Å². The number of morpholine rings is 1. The van der Waals surface area contributed by atoms with Gasteiger partial charge in [-0.05, 0) is 49.9 Å². The number of esters is 1. The van der Waals surface area contributed by atoms with Gasteiger partial charge in [0.25, 0.3) is 5.91 Å². The molecular formula is C20H30N2O6S. The third-order valence-corrected chi connectivity index (χ3v) is 6.39. The molecule has 2 atom stereocenters. The van der Waals surface area contributed by atoms with E-state index in [1.54, 1.807) is 30.9 Å². The van der Waals surface area contributed by atoms with E-state index < -0.39 is 28.1 Å². The predicted molar refractivity (Wildman–Crippen MR) is 108 cm³/mol. The topological polar surface area (TPSA) is 102 Å². The number of sulfonamides is 1. The fourth-order valence-corrected chi connectivity index (χ4v) is 4.33. The summed E-state index contributed by atoms with van der Waals surface area (Å²) in [5.41, 5.74) is 1.81. The Bertz CT molecular complexity index is 847. The number of ether oxygens (including phenoxy) is 2. The number of aryl methyl sites for hydroxylation is 2. The zero-order chi connectivity index (χ0) is 21.8. The number of carbonyl (C=O) groups excluding carboxylic acids is 2. The molecule has 1 heterocycles. The van der Waals surface area contributed by atoms with Gasteiger partial charge in [-0.2, -0.15) is 4.72 Å². The summed E-state index contributed by atoms with van der Waals surface area (Å²) in [5, 5.41) is 0. The summed E-state index contributed by atoms with van der Waals surface area (Å²) in [6.45, 7) is 10.4. The van der Waals surface area contributed by atoms with Gasteiger partial charge in [-0.25, -0.2) is 8.42 Å². The predicted octanol–water partition coefficient (Wildman–Crippen LogP) is 1.40. The fraction of sp³-hybridized carbons (Fsp3) is 0.600. The maximum absolute atomic E-state index is 12.8.